The number of benzene rings is 1. The van der Waals surface area contributed by atoms with Crippen LogP contribution in [0.3, 0.4) is 0 Å². The van der Waals surface area contributed by atoms with E-state index in [2.05, 4.69) is 6.58 Å². The molecule has 0 radical (unpaired) electrons. The van der Waals surface area contributed by atoms with Crippen molar-refractivity contribution in [3.05, 3.63) is 36.4 Å². The zero-order chi connectivity index (χ0) is 14.4. The molecular weight excluding hydrogens is 296 g/mol. The maximum absolute atomic E-state index is 11.9. The minimum Gasteiger partial charge on any atom is -0.264 e. The second-order valence-electron chi connectivity index (χ2n) is 4.64. The monoisotopic (exact) mass is 314 g/mol. The first-order valence-corrected chi connectivity index (χ1v) is 8.68. The molecule has 4 nitrogen and oxygen atoms in total. The molecule has 0 bridgehead atoms. The maximum atomic E-state index is 11.9. The van der Waals surface area contributed by atoms with Crippen LogP contribution in [0.2, 0.25) is 0 Å². The predicted octanol–water partition coefficient (Wildman–Crippen LogP) is 3.30. The molecular formula is C14H18O4S2. The van der Waals surface area contributed by atoms with Gasteiger partial charge in [-0.15, -0.1) is 0 Å². The van der Waals surface area contributed by atoms with Crippen molar-refractivity contribution in [2.24, 2.45) is 0 Å². The molecule has 2 atom stereocenters. The van der Waals surface area contributed by atoms with E-state index < -0.39 is 22.4 Å². The maximum Gasteiger partial charge on any atom is 0.319 e. The van der Waals surface area contributed by atoms with Gasteiger partial charge in [0.1, 0.15) is 0 Å². The summed E-state index contributed by atoms with van der Waals surface area (Å²) in [4.78, 5) is 0.455. The highest BCUT2D eigenvalue weighted by Gasteiger charge is 2.19. The molecule has 1 saturated carbocycles. The van der Waals surface area contributed by atoms with Crippen LogP contribution in [0, 0.1) is 0 Å². The third-order valence-corrected chi connectivity index (χ3v) is 5.22. The molecule has 0 spiro atoms. The van der Waals surface area contributed by atoms with Gasteiger partial charge < -0.3 is 0 Å². The fourth-order valence-electron chi connectivity index (χ4n) is 2.09. The fraction of sp³-hybridized carbons (Fsp3) is 0.429. The lowest BCUT2D eigenvalue weighted by Gasteiger charge is -2.19. The first kappa shape index (κ1) is 15.6. The topological polar surface area (TPSA) is 52.6 Å². The van der Waals surface area contributed by atoms with Crippen LogP contribution in [0.1, 0.15) is 37.7 Å². The Morgan fingerprint density at radius 2 is 1.75 bits per heavy atom. The van der Waals surface area contributed by atoms with E-state index in [9.17, 15) is 8.42 Å². The number of hydrogen-bond acceptors (Lipinski definition) is 4. The van der Waals surface area contributed by atoms with E-state index in [-0.39, 0.29) is 6.10 Å². The molecule has 0 aliphatic heterocycles. The van der Waals surface area contributed by atoms with Crippen molar-refractivity contribution in [3.8, 4) is 0 Å². The van der Waals surface area contributed by atoms with Crippen LogP contribution in [0.25, 0.3) is 6.08 Å². The molecule has 1 aliphatic carbocycles. The lowest BCUT2D eigenvalue weighted by atomic mass is 9.98. The van der Waals surface area contributed by atoms with Crippen molar-refractivity contribution in [2.75, 3.05) is 0 Å². The Balaban J connectivity index is 1.86. The zero-order valence-electron chi connectivity index (χ0n) is 11.2. The summed E-state index contributed by atoms with van der Waals surface area (Å²) in [6.45, 7) is 3.64. The van der Waals surface area contributed by atoms with E-state index >= 15 is 0 Å². The van der Waals surface area contributed by atoms with E-state index in [1.54, 1.807) is 30.3 Å². The van der Waals surface area contributed by atoms with Gasteiger partial charge in [-0.05, 0) is 30.5 Å². The largest absolute Gasteiger partial charge is 0.319 e. The molecule has 20 heavy (non-hydrogen) atoms. The lowest BCUT2D eigenvalue weighted by Crippen LogP contribution is -2.19. The molecule has 0 amide bonds. The van der Waals surface area contributed by atoms with Crippen LogP contribution in [-0.2, 0) is 30.3 Å². The van der Waals surface area contributed by atoms with E-state index in [4.69, 9.17) is 7.81 Å². The van der Waals surface area contributed by atoms with Gasteiger partial charge >= 0.3 is 11.4 Å². The number of rotatable bonds is 6. The minimum absolute atomic E-state index is 0.0512. The van der Waals surface area contributed by atoms with Crippen molar-refractivity contribution < 1.29 is 16.2 Å². The predicted molar refractivity (Wildman–Crippen MR) is 80.1 cm³/mol. The molecule has 1 aliphatic rings. The minimum atomic E-state index is -1.98. The highest BCUT2D eigenvalue weighted by Crippen LogP contribution is 2.22. The van der Waals surface area contributed by atoms with Crippen LogP contribution < -0.4 is 0 Å². The highest BCUT2D eigenvalue weighted by molar-refractivity contribution is 7.91. The summed E-state index contributed by atoms with van der Waals surface area (Å²) in [6.07, 6.45) is 6.75. The average molecular weight is 314 g/mol. The molecule has 1 aromatic carbocycles. The molecule has 0 aromatic heterocycles. The molecule has 110 valence electrons. The zero-order valence-corrected chi connectivity index (χ0v) is 12.8. The van der Waals surface area contributed by atoms with Crippen molar-refractivity contribution in [2.45, 2.75) is 43.1 Å². The molecule has 1 fully saturated rings. The Labute approximate surface area is 124 Å². The Bertz CT molecular complexity index is 492. The fourth-order valence-corrected chi connectivity index (χ4v) is 3.71. The van der Waals surface area contributed by atoms with Crippen molar-refractivity contribution in [3.63, 3.8) is 0 Å². The van der Waals surface area contributed by atoms with E-state index in [1.807, 2.05) is 0 Å². The van der Waals surface area contributed by atoms with Crippen molar-refractivity contribution in [1.29, 1.82) is 0 Å². The smallest absolute Gasteiger partial charge is 0.264 e. The lowest BCUT2D eigenvalue weighted by molar-refractivity contribution is 0.161. The first-order valence-electron chi connectivity index (χ1n) is 6.61. The molecule has 0 heterocycles. The molecule has 2 unspecified atom stereocenters. The summed E-state index contributed by atoms with van der Waals surface area (Å²) in [7, 11) is 0. The van der Waals surface area contributed by atoms with Gasteiger partial charge in [-0.25, -0.2) is 4.21 Å². The van der Waals surface area contributed by atoms with E-state index in [0.717, 1.165) is 31.2 Å². The molecule has 6 heteroatoms. The highest BCUT2D eigenvalue weighted by atomic mass is 32.3. The van der Waals surface area contributed by atoms with Gasteiger partial charge in [-0.1, -0.05) is 44.1 Å². The average Bonchev–Trinajstić information content (AvgIpc) is 2.48. The third-order valence-electron chi connectivity index (χ3n) is 3.19. The van der Waals surface area contributed by atoms with Gasteiger partial charge in [0.05, 0.1) is 11.0 Å². The summed E-state index contributed by atoms with van der Waals surface area (Å²) in [6, 6.07) is 6.86. The van der Waals surface area contributed by atoms with Crippen LogP contribution >= 0.6 is 0 Å². The molecule has 2 rings (SSSR count). The SMILES string of the molecule is C=Cc1ccc(S(=O)OS(=O)OC2CCCCC2)cc1. The van der Waals surface area contributed by atoms with Gasteiger partial charge in [0.2, 0.25) is 11.1 Å². The molecule has 0 N–H and O–H groups in total. The van der Waals surface area contributed by atoms with Crippen LogP contribution in [-0.4, -0.2) is 14.5 Å². The van der Waals surface area contributed by atoms with Gasteiger partial charge in [0.15, 0.2) is 0 Å². The second kappa shape index (κ2) is 7.83. The standard InChI is InChI=1S/C14H18O4S2/c1-2-12-8-10-14(11-9-12)19(15)18-20(16)17-13-6-4-3-5-7-13/h2,8-11,13H,1,3-7H2. The quantitative estimate of drug-likeness (QED) is 0.808. The van der Waals surface area contributed by atoms with Gasteiger partial charge in [0, 0.05) is 0 Å². The van der Waals surface area contributed by atoms with Gasteiger partial charge in [-0.2, -0.15) is 7.84 Å². The molecule has 0 saturated heterocycles. The van der Waals surface area contributed by atoms with Gasteiger partial charge in [0.25, 0.3) is 0 Å². The Morgan fingerprint density at radius 1 is 1.10 bits per heavy atom. The normalized spacial score (nSPS) is 19.4. The van der Waals surface area contributed by atoms with Crippen molar-refractivity contribution >= 4 is 28.5 Å². The van der Waals surface area contributed by atoms with Crippen LogP contribution in [0.5, 0.6) is 0 Å². The van der Waals surface area contributed by atoms with Gasteiger partial charge in [-0.3, -0.25) is 4.18 Å². The summed E-state index contributed by atoms with van der Waals surface area (Å²) in [5, 5.41) is 0. The Kier molecular flexibility index (Phi) is 6.09. The summed E-state index contributed by atoms with van der Waals surface area (Å²) >= 11 is -3.76. The van der Waals surface area contributed by atoms with Crippen LogP contribution in [0.15, 0.2) is 35.7 Å². The summed E-state index contributed by atoms with van der Waals surface area (Å²) in [5.74, 6) is 0. The summed E-state index contributed by atoms with van der Waals surface area (Å²) in [5.41, 5.74) is 0.922. The Hall–Kier alpha value is -0.820. The van der Waals surface area contributed by atoms with E-state index in [0.29, 0.717) is 4.90 Å². The van der Waals surface area contributed by atoms with E-state index in [1.165, 1.54) is 6.42 Å². The molecule has 1 aromatic rings. The summed E-state index contributed by atoms with van der Waals surface area (Å²) < 4.78 is 33.7. The Morgan fingerprint density at radius 3 is 2.35 bits per heavy atom. The number of hydrogen-bond donors (Lipinski definition) is 0. The third kappa shape index (κ3) is 4.63. The second-order valence-corrected chi connectivity index (χ2v) is 6.72. The van der Waals surface area contributed by atoms with Crippen LogP contribution in [0.4, 0.5) is 0 Å². The van der Waals surface area contributed by atoms with Crippen molar-refractivity contribution in [1.82, 2.24) is 0 Å². The first-order chi connectivity index (χ1) is 9.69.